The molecule has 2 heterocycles. The molecule has 3 rings (SSSR count). The Morgan fingerprint density at radius 2 is 1.74 bits per heavy atom. The molecule has 0 amide bonds. The molecule has 8 nitrogen and oxygen atoms in total. The van der Waals surface area contributed by atoms with Gasteiger partial charge in [0.1, 0.15) is 15.5 Å². The van der Waals surface area contributed by atoms with Crippen LogP contribution in [-0.2, 0) is 15.7 Å². The molecular weight excluding hydrogens is 509 g/mol. The Kier molecular flexibility index (Phi) is 7.80. The Bertz CT molecular complexity index is 1360. The molecule has 0 spiro atoms. The summed E-state index contributed by atoms with van der Waals surface area (Å²) in [6.07, 6.45) is -4.74. The van der Waals surface area contributed by atoms with Gasteiger partial charge in [-0.3, -0.25) is 0 Å². The number of halogens is 3. The first-order chi connectivity index (χ1) is 16.5. The van der Waals surface area contributed by atoms with Gasteiger partial charge >= 0.3 is 23.7 Å². The molecule has 35 heavy (non-hydrogen) atoms. The van der Waals surface area contributed by atoms with Crippen LogP contribution in [0.3, 0.4) is 0 Å². The molecule has 2 N–H and O–H groups in total. The molecule has 0 bridgehead atoms. The highest BCUT2D eigenvalue weighted by molar-refractivity contribution is 7.80. The van der Waals surface area contributed by atoms with Crippen molar-refractivity contribution in [3.8, 4) is 0 Å². The van der Waals surface area contributed by atoms with Crippen LogP contribution in [0.4, 0.5) is 23.9 Å². The van der Waals surface area contributed by atoms with Gasteiger partial charge in [0.25, 0.3) is 0 Å². The van der Waals surface area contributed by atoms with Crippen LogP contribution in [0, 0.1) is 6.92 Å². The topological polar surface area (TPSA) is 107 Å². The summed E-state index contributed by atoms with van der Waals surface area (Å²) < 4.78 is 54.8. The second-order valence-electron chi connectivity index (χ2n) is 6.97. The third-order valence-electron chi connectivity index (χ3n) is 4.62. The van der Waals surface area contributed by atoms with Gasteiger partial charge < -0.3 is 24.5 Å². The molecule has 0 radical (unpaired) electrons. The fraction of sp³-hybridized carbons (Fsp3) is 0.273. The monoisotopic (exact) mass is 528 g/mol. The Labute approximate surface area is 206 Å². The smallest absolute Gasteiger partial charge is 0.417 e. The van der Waals surface area contributed by atoms with Gasteiger partial charge in [0.05, 0.1) is 24.3 Å². The first-order valence-electron chi connectivity index (χ1n) is 10.2. The highest BCUT2D eigenvalue weighted by atomic mass is 32.1. The second kappa shape index (κ2) is 10.4. The van der Waals surface area contributed by atoms with E-state index in [1.165, 1.54) is 12.1 Å². The van der Waals surface area contributed by atoms with Gasteiger partial charge in [-0.1, -0.05) is 0 Å². The van der Waals surface area contributed by atoms with E-state index in [4.69, 9.17) is 26.1 Å². The Morgan fingerprint density at radius 1 is 1.09 bits per heavy atom. The molecule has 2 aromatic heterocycles. The summed E-state index contributed by atoms with van der Waals surface area (Å²) in [6, 6.07) is 4.04. The van der Waals surface area contributed by atoms with Crippen LogP contribution in [0.2, 0.25) is 0 Å². The number of benzene rings is 1. The summed E-state index contributed by atoms with van der Waals surface area (Å²) in [5, 5.41) is 5.45. The number of thiophene rings is 1. The number of carbonyl (C=O) groups excluding carboxylic acids is 2. The predicted octanol–water partition coefficient (Wildman–Crippen LogP) is 5.34. The van der Waals surface area contributed by atoms with Crippen molar-refractivity contribution in [3.05, 3.63) is 56.3 Å². The third kappa shape index (κ3) is 5.80. The van der Waals surface area contributed by atoms with Crippen LogP contribution >= 0.6 is 23.6 Å². The van der Waals surface area contributed by atoms with Gasteiger partial charge in [0.2, 0.25) is 0 Å². The van der Waals surface area contributed by atoms with Crippen LogP contribution in [0.1, 0.15) is 45.0 Å². The molecule has 0 aliphatic heterocycles. The number of ether oxygens (including phenoxy) is 2. The van der Waals surface area contributed by atoms with E-state index in [9.17, 15) is 27.6 Å². The van der Waals surface area contributed by atoms with Crippen molar-refractivity contribution < 1.29 is 36.7 Å². The highest BCUT2D eigenvalue weighted by Gasteiger charge is 2.34. The molecule has 0 saturated heterocycles. The summed E-state index contributed by atoms with van der Waals surface area (Å²) in [5.74, 6) is -1.29. The van der Waals surface area contributed by atoms with Gasteiger partial charge in [-0.05, 0) is 50.7 Å². The maximum Gasteiger partial charge on any atom is 0.417 e. The number of thiocarbonyl (C=S) groups is 1. The number of hydrogen-bond donors (Lipinski definition) is 2. The van der Waals surface area contributed by atoms with Crippen LogP contribution < -0.4 is 16.3 Å². The molecule has 1 aromatic carbocycles. The lowest BCUT2D eigenvalue weighted by Crippen LogP contribution is -2.20. The standard InChI is InChI=1S/C22H19F3N2O6S2/c1-4-31-19(29)16-10(3)17(20(30)32-5-2)35-18(16)27-21(34)26-11-6-7-12-13(22(23,24)25)9-15(28)33-14(12)8-11/h6-9H,4-5H2,1-3H3,(H2,26,27,34). The van der Waals surface area contributed by atoms with E-state index in [-0.39, 0.29) is 50.4 Å². The summed E-state index contributed by atoms with van der Waals surface area (Å²) in [5.41, 5.74) is -1.89. The van der Waals surface area contributed by atoms with Gasteiger partial charge in [-0.2, -0.15) is 13.2 Å². The molecule has 0 fully saturated rings. The predicted molar refractivity (Wildman–Crippen MR) is 128 cm³/mol. The maximum atomic E-state index is 13.3. The Balaban J connectivity index is 1.91. The highest BCUT2D eigenvalue weighted by Crippen LogP contribution is 2.36. The lowest BCUT2D eigenvalue weighted by atomic mass is 10.1. The number of anilines is 2. The lowest BCUT2D eigenvalue weighted by molar-refractivity contribution is -0.136. The molecule has 0 unspecified atom stereocenters. The van der Waals surface area contributed by atoms with E-state index in [1.807, 2.05) is 0 Å². The molecule has 13 heteroatoms. The van der Waals surface area contributed by atoms with E-state index in [1.54, 1.807) is 20.8 Å². The number of rotatable bonds is 6. The van der Waals surface area contributed by atoms with E-state index < -0.39 is 29.3 Å². The molecule has 3 aromatic rings. The van der Waals surface area contributed by atoms with E-state index in [2.05, 4.69) is 10.6 Å². The minimum atomic E-state index is -4.74. The minimum absolute atomic E-state index is 0.0409. The van der Waals surface area contributed by atoms with Gasteiger partial charge in [-0.25, -0.2) is 14.4 Å². The summed E-state index contributed by atoms with van der Waals surface area (Å²) >= 11 is 6.21. The molecular formula is C22H19F3N2O6S2. The number of fused-ring (bicyclic) bond motifs is 1. The fourth-order valence-corrected chi connectivity index (χ4v) is 4.56. The van der Waals surface area contributed by atoms with Crippen molar-refractivity contribution in [1.82, 2.24) is 0 Å². The van der Waals surface area contributed by atoms with Crippen molar-refractivity contribution in [1.29, 1.82) is 0 Å². The number of alkyl halides is 3. The van der Waals surface area contributed by atoms with Crippen molar-refractivity contribution in [3.63, 3.8) is 0 Å². The number of carbonyl (C=O) groups is 2. The molecule has 0 saturated carbocycles. The zero-order valence-corrected chi connectivity index (χ0v) is 20.3. The third-order valence-corrected chi connectivity index (χ3v) is 6.01. The number of nitrogens with one attached hydrogen (secondary N) is 2. The zero-order valence-electron chi connectivity index (χ0n) is 18.6. The summed E-state index contributed by atoms with van der Waals surface area (Å²) in [4.78, 5) is 36.6. The second-order valence-corrected chi connectivity index (χ2v) is 8.40. The average molecular weight is 529 g/mol. The summed E-state index contributed by atoms with van der Waals surface area (Å²) in [7, 11) is 0. The van der Waals surface area contributed by atoms with Crippen LogP contribution in [-0.4, -0.2) is 30.3 Å². The lowest BCUT2D eigenvalue weighted by Gasteiger charge is -2.13. The van der Waals surface area contributed by atoms with E-state index in [0.717, 1.165) is 17.4 Å². The normalized spacial score (nSPS) is 11.3. The van der Waals surface area contributed by atoms with Crippen molar-refractivity contribution >= 4 is 62.3 Å². The van der Waals surface area contributed by atoms with Crippen LogP contribution in [0.5, 0.6) is 0 Å². The Hall–Kier alpha value is -3.45. The fourth-order valence-electron chi connectivity index (χ4n) is 3.18. The first kappa shape index (κ1) is 26.2. The molecule has 0 aliphatic carbocycles. The van der Waals surface area contributed by atoms with Gasteiger partial charge in [0, 0.05) is 23.2 Å². The van der Waals surface area contributed by atoms with Crippen LogP contribution in [0.25, 0.3) is 11.0 Å². The van der Waals surface area contributed by atoms with Gasteiger partial charge in [-0.15, -0.1) is 11.3 Å². The summed E-state index contributed by atoms with van der Waals surface area (Å²) in [6.45, 7) is 5.09. The van der Waals surface area contributed by atoms with Crippen LogP contribution in [0.15, 0.2) is 33.5 Å². The van der Waals surface area contributed by atoms with Crippen molar-refractivity contribution in [2.24, 2.45) is 0 Å². The van der Waals surface area contributed by atoms with Gasteiger partial charge in [0.15, 0.2) is 5.11 Å². The van der Waals surface area contributed by atoms with Crippen molar-refractivity contribution in [2.45, 2.75) is 26.9 Å². The molecule has 0 aliphatic rings. The van der Waals surface area contributed by atoms with E-state index in [0.29, 0.717) is 11.6 Å². The average Bonchev–Trinajstić information content (AvgIpc) is 3.08. The quantitative estimate of drug-likeness (QED) is 0.249. The number of esters is 2. The largest absolute Gasteiger partial charge is 0.462 e. The number of hydrogen-bond acceptors (Lipinski definition) is 8. The molecule has 186 valence electrons. The maximum absolute atomic E-state index is 13.3. The SMILES string of the molecule is CCOC(=O)c1sc(NC(=S)Nc2ccc3c(C(F)(F)F)cc(=O)oc3c2)c(C(=O)OCC)c1C. The van der Waals surface area contributed by atoms with Crippen molar-refractivity contribution in [2.75, 3.05) is 23.8 Å². The zero-order chi connectivity index (χ0) is 25.9. The first-order valence-corrected chi connectivity index (χ1v) is 11.4. The Morgan fingerprint density at radius 3 is 2.37 bits per heavy atom. The van der Waals surface area contributed by atoms with E-state index >= 15 is 0 Å². The molecule has 0 atom stereocenters. The minimum Gasteiger partial charge on any atom is -0.462 e.